The van der Waals surface area contributed by atoms with Crippen molar-refractivity contribution in [2.45, 2.75) is 31.6 Å². The SMILES string of the molecule is COc1ccc([C@H](N[S@@](=O)C(C)(C)C)c2ccccc2P(c2ccccc2)c2ccccc2)cc1. The zero-order valence-corrected chi connectivity index (χ0v) is 22.4. The Hall–Kier alpha value is -2.78. The Labute approximate surface area is 212 Å². The second-order valence-electron chi connectivity index (χ2n) is 9.27. The van der Waals surface area contributed by atoms with Gasteiger partial charge in [0.2, 0.25) is 0 Å². The Balaban J connectivity index is 1.89. The number of rotatable bonds is 8. The number of ether oxygens (including phenoxy) is 1. The first-order chi connectivity index (χ1) is 16.9. The maximum absolute atomic E-state index is 13.3. The maximum atomic E-state index is 13.3. The molecule has 0 unspecified atom stereocenters. The smallest absolute Gasteiger partial charge is 0.118 e. The molecule has 35 heavy (non-hydrogen) atoms. The van der Waals surface area contributed by atoms with Crippen molar-refractivity contribution in [1.82, 2.24) is 4.72 Å². The van der Waals surface area contributed by atoms with Gasteiger partial charge in [-0.05, 0) is 67.9 Å². The molecule has 3 nitrogen and oxygen atoms in total. The average molecular weight is 502 g/mol. The minimum atomic E-state index is -1.26. The Morgan fingerprint density at radius 1 is 0.743 bits per heavy atom. The van der Waals surface area contributed by atoms with Gasteiger partial charge in [0.1, 0.15) is 5.75 Å². The van der Waals surface area contributed by atoms with Crippen LogP contribution in [0.3, 0.4) is 0 Å². The second-order valence-corrected chi connectivity index (χ2v) is 13.5. The summed E-state index contributed by atoms with van der Waals surface area (Å²) in [5, 5.41) is 3.82. The summed E-state index contributed by atoms with van der Waals surface area (Å²) in [7, 11) is -0.407. The maximum Gasteiger partial charge on any atom is 0.118 e. The molecule has 0 bridgehead atoms. The van der Waals surface area contributed by atoms with E-state index in [1.54, 1.807) is 7.11 Å². The molecule has 0 spiro atoms. The van der Waals surface area contributed by atoms with Gasteiger partial charge in [0.25, 0.3) is 0 Å². The van der Waals surface area contributed by atoms with Crippen LogP contribution in [-0.2, 0) is 11.0 Å². The summed E-state index contributed by atoms with van der Waals surface area (Å²) in [6.45, 7) is 5.98. The quantitative estimate of drug-likeness (QED) is 0.320. The summed E-state index contributed by atoms with van der Waals surface area (Å²) in [5.74, 6) is 0.800. The van der Waals surface area contributed by atoms with E-state index >= 15 is 0 Å². The monoisotopic (exact) mass is 501 g/mol. The third-order valence-electron chi connectivity index (χ3n) is 5.75. The van der Waals surface area contributed by atoms with Crippen LogP contribution in [0.25, 0.3) is 0 Å². The molecule has 4 rings (SSSR count). The van der Waals surface area contributed by atoms with Crippen molar-refractivity contribution in [2.75, 3.05) is 7.11 Å². The van der Waals surface area contributed by atoms with Crippen LogP contribution in [0.15, 0.2) is 109 Å². The number of benzene rings is 4. The molecule has 4 aromatic rings. The highest BCUT2D eigenvalue weighted by Gasteiger charge is 2.28. The predicted octanol–water partition coefficient (Wildman–Crippen LogP) is 5.59. The molecule has 0 radical (unpaired) electrons. The summed E-state index contributed by atoms with van der Waals surface area (Å²) in [4.78, 5) is 0. The Bertz CT molecular complexity index is 1220. The number of methoxy groups -OCH3 is 1. The molecule has 0 aromatic heterocycles. The van der Waals surface area contributed by atoms with Gasteiger partial charge < -0.3 is 4.74 Å². The molecule has 2 atom stereocenters. The predicted molar refractivity (Wildman–Crippen MR) is 151 cm³/mol. The third-order valence-corrected chi connectivity index (χ3v) is 9.83. The first-order valence-corrected chi connectivity index (χ1v) is 14.2. The summed E-state index contributed by atoms with van der Waals surface area (Å²) < 4.78 is 21.8. The van der Waals surface area contributed by atoms with Gasteiger partial charge >= 0.3 is 0 Å². The molecule has 0 saturated carbocycles. The number of hydrogen-bond acceptors (Lipinski definition) is 2. The average Bonchev–Trinajstić information content (AvgIpc) is 2.88. The van der Waals surface area contributed by atoms with Crippen molar-refractivity contribution in [3.63, 3.8) is 0 Å². The molecule has 0 fully saturated rings. The Kier molecular flexibility index (Phi) is 8.18. The van der Waals surface area contributed by atoms with Crippen LogP contribution in [0.5, 0.6) is 5.75 Å². The Morgan fingerprint density at radius 2 is 1.26 bits per heavy atom. The van der Waals surface area contributed by atoms with E-state index in [9.17, 15) is 4.21 Å². The summed E-state index contributed by atoms with van der Waals surface area (Å²) >= 11 is 0. The molecule has 0 aliphatic rings. The molecule has 0 saturated heterocycles. The van der Waals surface area contributed by atoms with Crippen molar-refractivity contribution >= 4 is 34.8 Å². The fourth-order valence-electron chi connectivity index (χ4n) is 3.91. The van der Waals surface area contributed by atoms with E-state index in [2.05, 4.69) is 102 Å². The van der Waals surface area contributed by atoms with Crippen LogP contribution in [0.4, 0.5) is 0 Å². The molecule has 0 amide bonds. The first kappa shape index (κ1) is 25.3. The molecule has 0 heterocycles. The van der Waals surface area contributed by atoms with Gasteiger partial charge in [0, 0.05) is 0 Å². The van der Waals surface area contributed by atoms with Crippen LogP contribution in [0.2, 0.25) is 0 Å². The van der Waals surface area contributed by atoms with Crippen LogP contribution < -0.4 is 25.4 Å². The van der Waals surface area contributed by atoms with Crippen molar-refractivity contribution in [3.05, 3.63) is 120 Å². The molecule has 180 valence electrons. The summed E-state index contributed by atoms with van der Waals surface area (Å²) in [6, 6.07) is 37.7. The summed E-state index contributed by atoms with van der Waals surface area (Å²) in [6.07, 6.45) is 0. The molecule has 0 aliphatic heterocycles. The van der Waals surface area contributed by atoms with E-state index in [1.807, 2.05) is 32.9 Å². The normalized spacial score (nSPS) is 13.4. The lowest BCUT2D eigenvalue weighted by Crippen LogP contribution is -2.38. The highest BCUT2D eigenvalue weighted by Crippen LogP contribution is 2.37. The van der Waals surface area contributed by atoms with Gasteiger partial charge in [0.15, 0.2) is 0 Å². The van der Waals surface area contributed by atoms with E-state index in [-0.39, 0.29) is 6.04 Å². The van der Waals surface area contributed by atoms with Gasteiger partial charge in [-0.25, -0.2) is 8.93 Å². The van der Waals surface area contributed by atoms with E-state index < -0.39 is 23.7 Å². The van der Waals surface area contributed by atoms with Gasteiger partial charge in [-0.3, -0.25) is 0 Å². The fraction of sp³-hybridized carbons (Fsp3) is 0.200. The molecule has 0 aliphatic carbocycles. The lowest BCUT2D eigenvalue weighted by Gasteiger charge is -2.29. The molecule has 4 aromatic carbocycles. The lowest BCUT2D eigenvalue weighted by molar-refractivity contribution is 0.414. The van der Waals surface area contributed by atoms with Crippen molar-refractivity contribution in [2.24, 2.45) is 0 Å². The third kappa shape index (κ3) is 6.08. The number of hydrogen-bond donors (Lipinski definition) is 1. The van der Waals surface area contributed by atoms with E-state index in [4.69, 9.17) is 4.74 Å². The fourth-order valence-corrected chi connectivity index (χ4v) is 7.23. The molecule has 1 N–H and O–H groups in total. The topological polar surface area (TPSA) is 38.3 Å². The zero-order valence-electron chi connectivity index (χ0n) is 20.6. The first-order valence-electron chi connectivity index (χ1n) is 11.7. The minimum Gasteiger partial charge on any atom is -0.497 e. The summed E-state index contributed by atoms with van der Waals surface area (Å²) in [5.41, 5.74) is 2.18. The molecular formula is C30H32NO2PS. The number of nitrogens with one attached hydrogen (secondary N) is 1. The van der Waals surface area contributed by atoms with Crippen LogP contribution in [0, 0.1) is 0 Å². The van der Waals surface area contributed by atoms with Gasteiger partial charge in [-0.15, -0.1) is 0 Å². The lowest BCUT2D eigenvalue weighted by atomic mass is 9.99. The highest BCUT2D eigenvalue weighted by molar-refractivity contribution is 7.84. The van der Waals surface area contributed by atoms with Crippen LogP contribution in [-0.4, -0.2) is 16.1 Å². The zero-order chi connectivity index (χ0) is 24.8. The van der Waals surface area contributed by atoms with E-state index in [0.717, 1.165) is 16.9 Å². The standard InChI is InChI=1S/C30H32NO2PS/c1-30(2,3)35(32)31-29(23-19-21-24(33-4)22-20-23)27-17-11-12-18-28(27)34(25-13-7-5-8-14-25)26-15-9-6-10-16-26/h5-22,29,31H,1-4H3/t29-,35-/m0/s1. The molecule has 5 heteroatoms. The van der Waals surface area contributed by atoms with Crippen LogP contribution in [0.1, 0.15) is 37.9 Å². The van der Waals surface area contributed by atoms with E-state index in [0.29, 0.717) is 0 Å². The molecular weight excluding hydrogens is 469 g/mol. The van der Waals surface area contributed by atoms with Gasteiger partial charge in [0.05, 0.1) is 28.9 Å². The Morgan fingerprint density at radius 3 is 1.77 bits per heavy atom. The van der Waals surface area contributed by atoms with Crippen molar-refractivity contribution < 1.29 is 8.95 Å². The highest BCUT2D eigenvalue weighted by atomic mass is 32.2. The van der Waals surface area contributed by atoms with E-state index in [1.165, 1.54) is 15.9 Å². The van der Waals surface area contributed by atoms with Gasteiger partial charge in [-0.2, -0.15) is 0 Å². The van der Waals surface area contributed by atoms with Crippen LogP contribution >= 0.6 is 7.92 Å². The minimum absolute atomic E-state index is 0.241. The van der Waals surface area contributed by atoms with Crippen molar-refractivity contribution in [1.29, 1.82) is 0 Å². The van der Waals surface area contributed by atoms with Crippen molar-refractivity contribution in [3.8, 4) is 5.75 Å². The van der Waals surface area contributed by atoms with Gasteiger partial charge in [-0.1, -0.05) is 97.1 Å². The largest absolute Gasteiger partial charge is 0.497 e. The second kappa shape index (κ2) is 11.3.